The first-order chi connectivity index (χ1) is 13.3. The predicted molar refractivity (Wildman–Crippen MR) is 118 cm³/mol. The molecule has 0 aromatic heterocycles. The molecule has 0 amide bonds. The fraction of sp³-hybridized carbons (Fsp3) is 0.538. The van der Waals surface area contributed by atoms with Crippen LogP contribution in [-0.2, 0) is 0 Å². The Kier molecular flexibility index (Phi) is 7.80. The number of rotatable bonds is 10. The highest BCUT2D eigenvalue weighted by atomic mass is 16.5. The lowest BCUT2D eigenvalue weighted by atomic mass is 9.83. The van der Waals surface area contributed by atoms with Gasteiger partial charge in [0.25, 0.3) is 0 Å². The molecular weight excluding hydrogens is 328 g/mol. The number of allylic oxidation sites excluding steroid dienone is 2. The average molecular weight is 365 g/mol. The highest BCUT2D eigenvalue weighted by Gasteiger charge is 2.15. The van der Waals surface area contributed by atoms with Gasteiger partial charge in [-0.3, -0.25) is 0 Å². The molecule has 0 spiro atoms. The van der Waals surface area contributed by atoms with Gasteiger partial charge in [-0.25, -0.2) is 0 Å². The van der Waals surface area contributed by atoms with Crippen LogP contribution in [-0.4, -0.2) is 6.61 Å². The van der Waals surface area contributed by atoms with Gasteiger partial charge in [-0.2, -0.15) is 0 Å². The van der Waals surface area contributed by atoms with Crippen molar-refractivity contribution >= 4 is 16.3 Å². The highest BCUT2D eigenvalue weighted by molar-refractivity contribution is 5.87. The number of unbranched alkanes of at least 4 members (excludes halogenated alkanes) is 4. The van der Waals surface area contributed by atoms with Gasteiger partial charge >= 0.3 is 0 Å². The van der Waals surface area contributed by atoms with E-state index in [2.05, 4.69) is 56.3 Å². The Bertz CT molecular complexity index is 743. The van der Waals surface area contributed by atoms with Gasteiger partial charge in [0.1, 0.15) is 5.75 Å². The Labute approximate surface area is 165 Å². The van der Waals surface area contributed by atoms with E-state index in [0.717, 1.165) is 24.7 Å². The molecule has 2 aromatic rings. The summed E-state index contributed by atoms with van der Waals surface area (Å²) in [7, 11) is 0. The Hall–Kier alpha value is -1.76. The van der Waals surface area contributed by atoms with E-state index in [1.165, 1.54) is 74.1 Å². The first-order valence-electron chi connectivity index (χ1n) is 11.2. The molecule has 0 heterocycles. The number of hydrogen-bond acceptors (Lipinski definition) is 1. The maximum atomic E-state index is 5.85. The second-order valence-corrected chi connectivity index (χ2v) is 8.14. The molecular formula is C26H36O. The number of ether oxygens (including phenoxy) is 1. The van der Waals surface area contributed by atoms with E-state index in [1.54, 1.807) is 5.57 Å². The molecule has 0 bridgehead atoms. The SMILES string of the molecule is CCCCCCC1CC=C(c2ccc3cc(OCCCC)ccc3c2)CC1. The van der Waals surface area contributed by atoms with Crippen LogP contribution in [0, 0.1) is 5.92 Å². The Balaban J connectivity index is 1.60. The Morgan fingerprint density at radius 3 is 2.48 bits per heavy atom. The minimum absolute atomic E-state index is 0.812. The topological polar surface area (TPSA) is 9.23 Å². The first kappa shape index (κ1) is 20.0. The molecule has 1 aliphatic carbocycles. The largest absolute Gasteiger partial charge is 0.494 e. The van der Waals surface area contributed by atoms with Crippen LogP contribution in [0.5, 0.6) is 5.75 Å². The van der Waals surface area contributed by atoms with Crippen molar-refractivity contribution in [2.45, 2.75) is 78.1 Å². The molecule has 0 fully saturated rings. The molecule has 1 unspecified atom stereocenters. The molecule has 0 radical (unpaired) electrons. The van der Waals surface area contributed by atoms with Crippen molar-refractivity contribution in [2.24, 2.45) is 5.92 Å². The van der Waals surface area contributed by atoms with Crippen LogP contribution < -0.4 is 4.74 Å². The maximum absolute atomic E-state index is 5.85. The number of benzene rings is 2. The van der Waals surface area contributed by atoms with Crippen LogP contribution >= 0.6 is 0 Å². The second kappa shape index (κ2) is 10.5. The van der Waals surface area contributed by atoms with E-state index in [-0.39, 0.29) is 0 Å². The lowest BCUT2D eigenvalue weighted by Crippen LogP contribution is -2.05. The lowest BCUT2D eigenvalue weighted by molar-refractivity contribution is 0.310. The zero-order valence-electron chi connectivity index (χ0n) is 17.3. The van der Waals surface area contributed by atoms with Crippen molar-refractivity contribution in [3.8, 4) is 5.75 Å². The van der Waals surface area contributed by atoms with Crippen molar-refractivity contribution in [3.05, 3.63) is 48.0 Å². The molecule has 0 saturated carbocycles. The third-order valence-corrected chi connectivity index (χ3v) is 5.93. The summed E-state index contributed by atoms with van der Waals surface area (Å²) in [6.45, 7) is 5.30. The second-order valence-electron chi connectivity index (χ2n) is 8.14. The fourth-order valence-electron chi connectivity index (χ4n) is 4.12. The monoisotopic (exact) mass is 364 g/mol. The van der Waals surface area contributed by atoms with Gasteiger partial charge in [-0.1, -0.05) is 76.6 Å². The summed E-state index contributed by atoms with van der Waals surface area (Å²) in [5.41, 5.74) is 2.96. The lowest BCUT2D eigenvalue weighted by Gasteiger charge is -2.22. The third kappa shape index (κ3) is 5.86. The first-order valence-corrected chi connectivity index (χ1v) is 11.2. The molecule has 146 valence electrons. The molecule has 0 N–H and O–H groups in total. The van der Waals surface area contributed by atoms with Gasteiger partial charge in [-0.05, 0) is 71.7 Å². The van der Waals surface area contributed by atoms with E-state index in [0.29, 0.717) is 0 Å². The van der Waals surface area contributed by atoms with Gasteiger partial charge in [-0.15, -0.1) is 0 Å². The quantitative estimate of drug-likeness (QED) is 0.386. The maximum Gasteiger partial charge on any atom is 0.119 e. The van der Waals surface area contributed by atoms with Gasteiger partial charge in [0, 0.05) is 0 Å². The van der Waals surface area contributed by atoms with Crippen molar-refractivity contribution < 1.29 is 4.74 Å². The van der Waals surface area contributed by atoms with E-state index in [1.807, 2.05) is 0 Å². The van der Waals surface area contributed by atoms with Crippen LogP contribution in [0.3, 0.4) is 0 Å². The Morgan fingerprint density at radius 2 is 1.70 bits per heavy atom. The van der Waals surface area contributed by atoms with Crippen molar-refractivity contribution in [1.82, 2.24) is 0 Å². The molecule has 27 heavy (non-hydrogen) atoms. The smallest absolute Gasteiger partial charge is 0.119 e. The summed E-state index contributed by atoms with van der Waals surface area (Å²) in [4.78, 5) is 0. The molecule has 1 aliphatic rings. The number of hydrogen-bond donors (Lipinski definition) is 0. The van der Waals surface area contributed by atoms with E-state index in [4.69, 9.17) is 4.74 Å². The molecule has 1 heteroatoms. The van der Waals surface area contributed by atoms with Crippen LogP contribution in [0.2, 0.25) is 0 Å². The Morgan fingerprint density at radius 1 is 0.889 bits per heavy atom. The van der Waals surface area contributed by atoms with E-state index < -0.39 is 0 Å². The van der Waals surface area contributed by atoms with Crippen LogP contribution in [0.4, 0.5) is 0 Å². The minimum Gasteiger partial charge on any atom is -0.494 e. The standard InChI is InChI=1S/C26H36O/c1-3-5-7-8-9-21-10-12-22(13-11-21)23-14-15-25-20-26(27-18-6-4-2)17-16-24(25)19-23/h12,14-17,19-21H,3-11,13,18H2,1-2H3. The van der Waals surface area contributed by atoms with Crippen LogP contribution in [0.25, 0.3) is 16.3 Å². The zero-order valence-corrected chi connectivity index (χ0v) is 17.3. The molecule has 3 rings (SSSR count). The molecule has 0 saturated heterocycles. The van der Waals surface area contributed by atoms with Crippen molar-refractivity contribution in [1.29, 1.82) is 0 Å². The summed E-state index contributed by atoms with van der Waals surface area (Å²) in [5.74, 6) is 1.90. The van der Waals surface area contributed by atoms with E-state index in [9.17, 15) is 0 Å². The summed E-state index contributed by atoms with van der Waals surface area (Å²) in [6, 6.07) is 13.4. The highest BCUT2D eigenvalue weighted by Crippen LogP contribution is 2.34. The zero-order chi connectivity index (χ0) is 18.9. The normalized spacial score (nSPS) is 17.1. The van der Waals surface area contributed by atoms with Crippen molar-refractivity contribution in [2.75, 3.05) is 6.61 Å². The van der Waals surface area contributed by atoms with Gasteiger partial charge in [0.15, 0.2) is 0 Å². The average Bonchev–Trinajstić information content (AvgIpc) is 2.71. The van der Waals surface area contributed by atoms with Gasteiger partial charge < -0.3 is 4.74 Å². The predicted octanol–water partition coefficient (Wildman–Crippen LogP) is 8.17. The summed E-state index contributed by atoms with van der Waals surface area (Å²) in [5, 5.41) is 2.59. The molecule has 1 atom stereocenters. The fourth-order valence-corrected chi connectivity index (χ4v) is 4.12. The van der Waals surface area contributed by atoms with E-state index >= 15 is 0 Å². The van der Waals surface area contributed by atoms with Crippen molar-refractivity contribution in [3.63, 3.8) is 0 Å². The molecule has 2 aromatic carbocycles. The number of fused-ring (bicyclic) bond motifs is 1. The third-order valence-electron chi connectivity index (χ3n) is 5.93. The van der Waals surface area contributed by atoms with Crippen LogP contribution in [0.1, 0.15) is 83.6 Å². The van der Waals surface area contributed by atoms with Crippen LogP contribution in [0.15, 0.2) is 42.5 Å². The van der Waals surface area contributed by atoms with Gasteiger partial charge in [0.05, 0.1) is 6.61 Å². The summed E-state index contributed by atoms with van der Waals surface area (Å²) < 4.78 is 5.85. The summed E-state index contributed by atoms with van der Waals surface area (Å²) in [6.07, 6.45) is 15.7. The van der Waals surface area contributed by atoms with Gasteiger partial charge in [0.2, 0.25) is 0 Å². The summed E-state index contributed by atoms with van der Waals surface area (Å²) >= 11 is 0. The minimum atomic E-state index is 0.812. The molecule has 0 aliphatic heterocycles. The molecule has 1 nitrogen and oxygen atoms in total.